The highest BCUT2D eigenvalue weighted by Crippen LogP contribution is 2.35. The number of benzene rings is 2. The Balaban J connectivity index is 1.79. The molecule has 2 aromatic carbocycles. The van der Waals surface area contributed by atoms with Crippen LogP contribution in [-0.4, -0.2) is 17.2 Å². The van der Waals surface area contributed by atoms with Gasteiger partial charge in [0.2, 0.25) is 0 Å². The fourth-order valence-corrected chi connectivity index (χ4v) is 3.64. The number of nitrogens with zero attached hydrogens (tertiary/aromatic N) is 1. The molecule has 0 spiro atoms. The topological polar surface area (TPSA) is 61.7 Å². The number of aromatic hydroxyl groups is 1. The van der Waals surface area contributed by atoms with Gasteiger partial charge in [0.25, 0.3) is 5.91 Å². The number of halogens is 1. The molecule has 0 saturated heterocycles. The zero-order chi connectivity index (χ0) is 16.4. The van der Waals surface area contributed by atoms with E-state index in [1.165, 1.54) is 17.6 Å². The highest BCUT2D eigenvalue weighted by molar-refractivity contribution is 7.21. The molecule has 0 bridgehead atoms. The maximum atomic E-state index is 12.2. The van der Waals surface area contributed by atoms with Gasteiger partial charge in [0.15, 0.2) is 0 Å². The minimum Gasteiger partial charge on any atom is -0.508 e. The molecule has 3 rings (SSSR count). The molecule has 3 aromatic rings. The number of carbonyl (C=O) groups excluding carboxylic acids is 1. The van der Waals surface area contributed by atoms with Gasteiger partial charge in [-0.1, -0.05) is 35.9 Å². The molecule has 0 saturated carbocycles. The summed E-state index contributed by atoms with van der Waals surface area (Å²) in [6, 6.07) is 12.5. The highest BCUT2D eigenvalue weighted by atomic mass is 35.5. The van der Waals surface area contributed by atoms with Gasteiger partial charge in [0.05, 0.1) is 11.2 Å². The van der Waals surface area contributed by atoms with Gasteiger partial charge >= 0.3 is 0 Å². The molecule has 2 N–H and O–H groups in total. The zero-order valence-corrected chi connectivity index (χ0v) is 13.8. The Hall–Kier alpha value is -2.37. The molecule has 0 aliphatic rings. The third-order valence-corrected chi connectivity index (χ3v) is 4.90. The quantitative estimate of drug-likeness (QED) is 0.548. The van der Waals surface area contributed by atoms with Crippen molar-refractivity contribution in [3.63, 3.8) is 0 Å². The zero-order valence-electron chi connectivity index (χ0n) is 12.2. The predicted molar refractivity (Wildman–Crippen MR) is 94.7 cm³/mol. The van der Waals surface area contributed by atoms with Gasteiger partial charge in [-0.15, -0.1) is 11.3 Å². The van der Waals surface area contributed by atoms with Crippen LogP contribution in [-0.2, 0) is 0 Å². The van der Waals surface area contributed by atoms with E-state index in [0.717, 1.165) is 15.6 Å². The Morgan fingerprint density at radius 2 is 2.13 bits per heavy atom. The lowest BCUT2D eigenvalue weighted by molar-refractivity contribution is 0.0959. The van der Waals surface area contributed by atoms with Gasteiger partial charge in [-0.25, -0.2) is 5.43 Å². The van der Waals surface area contributed by atoms with E-state index in [1.807, 2.05) is 25.1 Å². The van der Waals surface area contributed by atoms with E-state index < -0.39 is 0 Å². The molecular weight excluding hydrogens is 332 g/mol. The van der Waals surface area contributed by atoms with Gasteiger partial charge in [-0.2, -0.15) is 5.10 Å². The van der Waals surface area contributed by atoms with Gasteiger partial charge in [-0.05, 0) is 36.2 Å². The minimum absolute atomic E-state index is 0.142. The summed E-state index contributed by atoms with van der Waals surface area (Å²) in [5, 5.41) is 14.6. The predicted octanol–water partition coefficient (Wildman–Crippen LogP) is 4.33. The Morgan fingerprint density at radius 3 is 2.91 bits per heavy atom. The van der Waals surface area contributed by atoms with Crippen molar-refractivity contribution in [1.82, 2.24) is 5.43 Å². The second kappa shape index (κ2) is 6.40. The molecule has 1 heterocycles. The first-order chi connectivity index (χ1) is 11.0. The van der Waals surface area contributed by atoms with Crippen LogP contribution in [0.15, 0.2) is 47.6 Å². The average Bonchev–Trinajstić information content (AvgIpc) is 2.83. The molecule has 0 aliphatic carbocycles. The molecule has 0 unspecified atom stereocenters. The second-order valence-electron chi connectivity index (χ2n) is 5.04. The summed E-state index contributed by atoms with van der Waals surface area (Å²) in [5.41, 5.74) is 4.26. The first-order valence-electron chi connectivity index (χ1n) is 6.85. The third-order valence-electron chi connectivity index (χ3n) is 3.24. The number of nitrogens with one attached hydrogen (secondary N) is 1. The molecular formula is C17H13ClN2O2S. The highest BCUT2D eigenvalue weighted by Gasteiger charge is 2.16. The summed E-state index contributed by atoms with van der Waals surface area (Å²) < 4.78 is 0.970. The molecule has 0 aliphatic heterocycles. The number of rotatable bonds is 3. The normalized spacial score (nSPS) is 11.2. The smallest absolute Gasteiger partial charge is 0.283 e. The summed E-state index contributed by atoms with van der Waals surface area (Å²) in [7, 11) is 0. The third kappa shape index (κ3) is 3.36. The van der Waals surface area contributed by atoms with Crippen molar-refractivity contribution in [3.05, 3.63) is 63.5 Å². The van der Waals surface area contributed by atoms with Crippen LogP contribution in [0.5, 0.6) is 5.75 Å². The summed E-state index contributed by atoms with van der Waals surface area (Å²) in [6.45, 7) is 1.99. The summed E-state index contributed by atoms with van der Waals surface area (Å²) in [4.78, 5) is 12.7. The number of hydrogen-bond acceptors (Lipinski definition) is 4. The van der Waals surface area contributed by atoms with E-state index >= 15 is 0 Å². The lowest BCUT2D eigenvalue weighted by Crippen LogP contribution is -2.16. The van der Waals surface area contributed by atoms with Crippen LogP contribution in [0.1, 0.15) is 20.8 Å². The van der Waals surface area contributed by atoms with Crippen LogP contribution in [0.2, 0.25) is 5.02 Å². The van der Waals surface area contributed by atoms with Crippen molar-refractivity contribution in [1.29, 1.82) is 0 Å². The molecule has 6 heteroatoms. The number of phenols is 1. The largest absolute Gasteiger partial charge is 0.508 e. The summed E-state index contributed by atoms with van der Waals surface area (Å²) in [5.74, 6) is -0.214. The molecule has 4 nitrogen and oxygen atoms in total. The summed E-state index contributed by atoms with van der Waals surface area (Å²) in [6.07, 6.45) is 1.46. The van der Waals surface area contributed by atoms with Crippen molar-refractivity contribution in [2.24, 2.45) is 5.10 Å². The number of phenolic OH excluding ortho intramolecular Hbond substituents is 1. The second-order valence-corrected chi connectivity index (χ2v) is 6.47. The van der Waals surface area contributed by atoms with Gasteiger partial charge in [-0.3, -0.25) is 4.79 Å². The number of hydrazone groups is 1. The van der Waals surface area contributed by atoms with Crippen molar-refractivity contribution in [2.45, 2.75) is 6.92 Å². The molecule has 0 radical (unpaired) electrons. The molecule has 0 atom stereocenters. The van der Waals surface area contributed by atoms with Crippen molar-refractivity contribution in [3.8, 4) is 5.75 Å². The van der Waals surface area contributed by atoms with Crippen LogP contribution >= 0.6 is 22.9 Å². The fraction of sp³-hybridized carbons (Fsp3) is 0.0588. The Morgan fingerprint density at radius 1 is 1.30 bits per heavy atom. The fourth-order valence-electron chi connectivity index (χ4n) is 2.14. The molecule has 23 heavy (non-hydrogen) atoms. The first kappa shape index (κ1) is 15.5. The van der Waals surface area contributed by atoms with Crippen LogP contribution in [0.3, 0.4) is 0 Å². The van der Waals surface area contributed by atoms with Crippen molar-refractivity contribution < 1.29 is 9.90 Å². The number of fused-ring (bicyclic) bond motifs is 1. The maximum absolute atomic E-state index is 12.2. The van der Waals surface area contributed by atoms with Gasteiger partial charge in [0.1, 0.15) is 10.6 Å². The Bertz CT molecular complexity index is 918. The molecule has 1 amide bonds. The Kier molecular flexibility index (Phi) is 4.32. The standard InChI is InChI=1S/C17H13ClN2O2S/c1-10-5-6-13-14(7-10)23-16(15(13)18)17(22)20-19-9-11-3-2-4-12(21)8-11/h2-9,21H,1H3,(H,20,22)/b19-9-. The number of carbonyl (C=O) groups is 1. The van der Waals surface area contributed by atoms with Crippen molar-refractivity contribution >= 4 is 45.1 Å². The number of amides is 1. The average molecular weight is 345 g/mol. The first-order valence-corrected chi connectivity index (χ1v) is 8.05. The van der Waals surface area contributed by atoms with E-state index in [-0.39, 0.29) is 11.7 Å². The Labute approximate surface area is 142 Å². The van der Waals surface area contributed by atoms with E-state index in [0.29, 0.717) is 15.5 Å². The van der Waals surface area contributed by atoms with Crippen LogP contribution < -0.4 is 5.43 Å². The number of aryl methyl sites for hydroxylation is 1. The SMILES string of the molecule is Cc1ccc2c(Cl)c(C(=O)N/N=C\c3cccc(O)c3)sc2c1. The van der Waals surface area contributed by atoms with E-state index in [9.17, 15) is 9.90 Å². The van der Waals surface area contributed by atoms with E-state index in [1.54, 1.807) is 24.3 Å². The van der Waals surface area contributed by atoms with E-state index in [4.69, 9.17) is 11.6 Å². The van der Waals surface area contributed by atoms with Crippen LogP contribution in [0.4, 0.5) is 0 Å². The molecule has 1 aromatic heterocycles. The van der Waals surface area contributed by atoms with Crippen LogP contribution in [0.25, 0.3) is 10.1 Å². The summed E-state index contributed by atoms with van der Waals surface area (Å²) >= 11 is 7.62. The van der Waals surface area contributed by atoms with Crippen molar-refractivity contribution in [2.75, 3.05) is 0 Å². The maximum Gasteiger partial charge on any atom is 0.283 e. The number of thiophene rings is 1. The number of hydrogen-bond donors (Lipinski definition) is 2. The molecule has 116 valence electrons. The lowest BCUT2D eigenvalue weighted by Gasteiger charge is -1.98. The molecule has 0 fully saturated rings. The van der Waals surface area contributed by atoms with Gasteiger partial charge < -0.3 is 5.11 Å². The minimum atomic E-state index is -0.356. The van der Waals surface area contributed by atoms with Gasteiger partial charge in [0, 0.05) is 10.1 Å². The van der Waals surface area contributed by atoms with Crippen LogP contribution in [0, 0.1) is 6.92 Å². The lowest BCUT2D eigenvalue weighted by atomic mass is 10.2. The monoisotopic (exact) mass is 344 g/mol. The van der Waals surface area contributed by atoms with E-state index in [2.05, 4.69) is 10.5 Å².